The average Bonchev–Trinajstić information content (AvgIpc) is 2.17. The van der Waals surface area contributed by atoms with Crippen molar-refractivity contribution in [1.29, 1.82) is 0 Å². The summed E-state index contributed by atoms with van der Waals surface area (Å²) in [6.45, 7) is 8.09. The second kappa shape index (κ2) is 4.57. The molecule has 0 aliphatic rings. The number of rotatable bonds is 3. The molecule has 1 unspecified atom stereocenters. The van der Waals surface area contributed by atoms with Gasteiger partial charge >= 0.3 is 0 Å². The van der Waals surface area contributed by atoms with Crippen molar-refractivity contribution < 1.29 is 0 Å². The summed E-state index contributed by atoms with van der Waals surface area (Å²) in [6.07, 6.45) is 0.717. The van der Waals surface area contributed by atoms with Crippen LogP contribution in [0.2, 0.25) is 0 Å². The van der Waals surface area contributed by atoms with Gasteiger partial charge in [-0.3, -0.25) is 9.36 Å². The maximum absolute atomic E-state index is 12.1. The van der Waals surface area contributed by atoms with E-state index in [1.165, 1.54) is 0 Å². The first-order valence-corrected chi connectivity index (χ1v) is 5.31. The van der Waals surface area contributed by atoms with Crippen LogP contribution in [0.15, 0.2) is 4.79 Å². The minimum Gasteiger partial charge on any atom is -0.328 e. The van der Waals surface area contributed by atoms with Crippen LogP contribution in [-0.2, 0) is 6.42 Å². The fraction of sp³-hybridized carbons (Fsp3) is 0.636. The van der Waals surface area contributed by atoms with Gasteiger partial charge in [-0.1, -0.05) is 6.92 Å². The van der Waals surface area contributed by atoms with E-state index < -0.39 is 0 Å². The topological polar surface area (TPSA) is 60.9 Å². The van der Waals surface area contributed by atoms with Crippen LogP contribution in [0, 0.1) is 13.8 Å². The van der Waals surface area contributed by atoms with Crippen molar-refractivity contribution in [2.75, 3.05) is 6.54 Å². The highest BCUT2D eigenvalue weighted by atomic mass is 16.1. The van der Waals surface area contributed by atoms with E-state index in [1.807, 2.05) is 27.7 Å². The first-order valence-electron chi connectivity index (χ1n) is 5.31. The van der Waals surface area contributed by atoms with Crippen molar-refractivity contribution in [2.45, 2.75) is 40.2 Å². The molecule has 0 aromatic carbocycles. The number of nitrogens with two attached hydrogens (primary N) is 1. The summed E-state index contributed by atoms with van der Waals surface area (Å²) in [7, 11) is 0. The molecule has 15 heavy (non-hydrogen) atoms. The summed E-state index contributed by atoms with van der Waals surface area (Å²) in [5.74, 6) is 0.743. The van der Waals surface area contributed by atoms with E-state index in [-0.39, 0.29) is 11.6 Å². The number of nitrogens with zero attached hydrogens (tertiary/aromatic N) is 2. The standard InChI is InChI=1S/C11H19N3O/c1-5-10-8(3)13-9(4)14(11(10)15)7(2)6-12/h7H,5-6,12H2,1-4H3. The van der Waals surface area contributed by atoms with Gasteiger partial charge in [-0.05, 0) is 27.2 Å². The Hall–Kier alpha value is -1.16. The Morgan fingerprint density at radius 2 is 2.07 bits per heavy atom. The molecule has 1 heterocycles. The van der Waals surface area contributed by atoms with Crippen LogP contribution in [0.3, 0.4) is 0 Å². The summed E-state index contributed by atoms with van der Waals surface area (Å²) in [6, 6.07) is 0.0101. The lowest BCUT2D eigenvalue weighted by Crippen LogP contribution is -2.33. The van der Waals surface area contributed by atoms with E-state index >= 15 is 0 Å². The third-order valence-corrected chi connectivity index (χ3v) is 2.73. The highest BCUT2D eigenvalue weighted by molar-refractivity contribution is 5.17. The number of aromatic nitrogens is 2. The second-order valence-corrected chi connectivity index (χ2v) is 3.84. The fourth-order valence-electron chi connectivity index (χ4n) is 1.84. The molecule has 0 saturated heterocycles. The monoisotopic (exact) mass is 209 g/mol. The molecule has 0 aliphatic carbocycles. The van der Waals surface area contributed by atoms with E-state index in [9.17, 15) is 4.79 Å². The van der Waals surface area contributed by atoms with Crippen LogP contribution in [0.25, 0.3) is 0 Å². The molecule has 0 saturated carbocycles. The quantitative estimate of drug-likeness (QED) is 0.806. The molecule has 4 heteroatoms. The Balaban J connectivity index is 3.46. The molecule has 4 nitrogen and oxygen atoms in total. The summed E-state index contributed by atoms with van der Waals surface area (Å²) in [5.41, 5.74) is 7.27. The maximum Gasteiger partial charge on any atom is 0.257 e. The Bertz CT molecular complexity index is 409. The minimum absolute atomic E-state index is 0.0101. The van der Waals surface area contributed by atoms with Gasteiger partial charge < -0.3 is 5.73 Å². The van der Waals surface area contributed by atoms with Crippen molar-refractivity contribution in [3.05, 3.63) is 27.4 Å². The normalized spacial score (nSPS) is 12.9. The van der Waals surface area contributed by atoms with E-state index in [0.717, 1.165) is 23.5 Å². The molecule has 0 aliphatic heterocycles. The van der Waals surface area contributed by atoms with Crippen molar-refractivity contribution in [3.63, 3.8) is 0 Å². The Labute approximate surface area is 90.1 Å². The fourth-order valence-corrected chi connectivity index (χ4v) is 1.84. The third kappa shape index (κ3) is 2.09. The van der Waals surface area contributed by atoms with E-state index in [4.69, 9.17) is 5.73 Å². The third-order valence-electron chi connectivity index (χ3n) is 2.73. The molecule has 1 aromatic rings. The van der Waals surface area contributed by atoms with Gasteiger partial charge in [0.15, 0.2) is 0 Å². The molecule has 84 valence electrons. The lowest BCUT2D eigenvalue weighted by Gasteiger charge is -2.17. The van der Waals surface area contributed by atoms with Crippen molar-refractivity contribution in [1.82, 2.24) is 9.55 Å². The summed E-state index contributed by atoms with van der Waals surface area (Å²) in [5, 5.41) is 0. The molecule has 0 spiro atoms. The van der Waals surface area contributed by atoms with Gasteiger partial charge in [0.1, 0.15) is 5.82 Å². The van der Waals surface area contributed by atoms with Crippen molar-refractivity contribution >= 4 is 0 Å². The minimum atomic E-state index is 0.0101. The lowest BCUT2D eigenvalue weighted by atomic mass is 10.1. The van der Waals surface area contributed by atoms with Crippen LogP contribution in [-0.4, -0.2) is 16.1 Å². The average molecular weight is 209 g/mol. The van der Waals surface area contributed by atoms with Gasteiger partial charge in [0.25, 0.3) is 5.56 Å². The van der Waals surface area contributed by atoms with Crippen molar-refractivity contribution in [3.8, 4) is 0 Å². The highest BCUT2D eigenvalue weighted by Gasteiger charge is 2.13. The molecule has 2 N–H and O–H groups in total. The molecule has 0 amide bonds. The Morgan fingerprint density at radius 3 is 2.53 bits per heavy atom. The lowest BCUT2D eigenvalue weighted by molar-refractivity contribution is 0.509. The van der Waals surface area contributed by atoms with Crippen LogP contribution in [0.5, 0.6) is 0 Å². The summed E-state index contributed by atoms with van der Waals surface area (Å²) < 4.78 is 1.69. The van der Waals surface area contributed by atoms with E-state index in [0.29, 0.717) is 6.54 Å². The van der Waals surface area contributed by atoms with Crippen molar-refractivity contribution in [2.24, 2.45) is 5.73 Å². The highest BCUT2D eigenvalue weighted by Crippen LogP contribution is 2.07. The van der Waals surface area contributed by atoms with Gasteiger partial charge in [-0.25, -0.2) is 4.98 Å². The number of hydrogen-bond donors (Lipinski definition) is 1. The van der Waals surface area contributed by atoms with E-state index in [1.54, 1.807) is 4.57 Å². The summed E-state index contributed by atoms with van der Waals surface area (Å²) >= 11 is 0. The van der Waals surface area contributed by atoms with Gasteiger partial charge in [-0.15, -0.1) is 0 Å². The molecule has 1 rings (SSSR count). The predicted molar refractivity (Wildman–Crippen MR) is 61.1 cm³/mol. The molecule has 0 fully saturated rings. The number of hydrogen-bond acceptors (Lipinski definition) is 3. The zero-order valence-corrected chi connectivity index (χ0v) is 9.87. The predicted octanol–water partition coefficient (Wildman–Crippen LogP) is 0.942. The smallest absolute Gasteiger partial charge is 0.257 e. The van der Waals surface area contributed by atoms with Gasteiger partial charge in [0, 0.05) is 23.8 Å². The first kappa shape index (κ1) is 11.9. The van der Waals surface area contributed by atoms with Gasteiger partial charge in [0.05, 0.1) is 0 Å². The molecular formula is C11H19N3O. The zero-order valence-electron chi connectivity index (χ0n) is 9.87. The largest absolute Gasteiger partial charge is 0.328 e. The molecule has 1 aromatic heterocycles. The van der Waals surface area contributed by atoms with Gasteiger partial charge in [-0.2, -0.15) is 0 Å². The van der Waals surface area contributed by atoms with Crippen LogP contribution in [0.1, 0.15) is 37.0 Å². The Kier molecular flexibility index (Phi) is 3.63. The second-order valence-electron chi connectivity index (χ2n) is 3.84. The molecule has 0 radical (unpaired) electrons. The molecular weight excluding hydrogens is 190 g/mol. The van der Waals surface area contributed by atoms with Gasteiger partial charge in [0.2, 0.25) is 0 Å². The molecule has 1 atom stereocenters. The molecule has 0 bridgehead atoms. The maximum atomic E-state index is 12.1. The van der Waals surface area contributed by atoms with Crippen LogP contribution < -0.4 is 11.3 Å². The van der Waals surface area contributed by atoms with Crippen LogP contribution in [0.4, 0.5) is 0 Å². The first-order chi connectivity index (χ1) is 7.02. The van der Waals surface area contributed by atoms with Crippen LogP contribution >= 0.6 is 0 Å². The number of aryl methyl sites for hydroxylation is 2. The van der Waals surface area contributed by atoms with E-state index in [2.05, 4.69) is 4.98 Å². The SMILES string of the molecule is CCc1c(C)nc(C)n(C(C)CN)c1=O. The Morgan fingerprint density at radius 1 is 1.47 bits per heavy atom. The zero-order chi connectivity index (χ0) is 11.6. The summed E-state index contributed by atoms with van der Waals surface area (Å²) in [4.78, 5) is 16.5.